The summed E-state index contributed by atoms with van der Waals surface area (Å²) in [5.74, 6) is 0. The van der Waals surface area contributed by atoms with Gasteiger partial charge in [0.15, 0.2) is 0 Å². The molecule has 96 valence electrons. The summed E-state index contributed by atoms with van der Waals surface area (Å²) >= 11 is 10.7. The van der Waals surface area contributed by atoms with Crippen LogP contribution in [0.2, 0.25) is 5.15 Å². The molecule has 0 aliphatic carbocycles. The van der Waals surface area contributed by atoms with Gasteiger partial charge in [0.1, 0.15) is 5.15 Å². The van der Waals surface area contributed by atoms with Gasteiger partial charge in [-0.05, 0) is 35.0 Å². The van der Waals surface area contributed by atoms with Gasteiger partial charge in [-0.2, -0.15) is 0 Å². The molecule has 0 aliphatic rings. The standard InChI is InChI=1S/C11H10BrClN2O2S/c1-6-9(13)14-11(17)15(10(6)16)5-4-7-2-3-8(12)18-7/h2-3H,4-5H2,1H3,(H,14,17). The molecule has 0 unspecified atom stereocenters. The normalized spacial score (nSPS) is 10.8. The summed E-state index contributed by atoms with van der Waals surface area (Å²) in [6.45, 7) is 1.94. The minimum Gasteiger partial charge on any atom is -0.297 e. The number of nitrogens with one attached hydrogen (secondary N) is 1. The third-order valence-electron chi connectivity index (χ3n) is 2.57. The zero-order valence-electron chi connectivity index (χ0n) is 9.50. The molecule has 7 heteroatoms. The third kappa shape index (κ3) is 2.76. The first kappa shape index (κ1) is 13.6. The van der Waals surface area contributed by atoms with Crippen LogP contribution in [0.5, 0.6) is 0 Å². The van der Waals surface area contributed by atoms with E-state index in [1.807, 2.05) is 12.1 Å². The highest BCUT2D eigenvalue weighted by Gasteiger charge is 2.09. The molecule has 4 nitrogen and oxygen atoms in total. The Hall–Kier alpha value is -0.850. The van der Waals surface area contributed by atoms with E-state index in [9.17, 15) is 9.59 Å². The van der Waals surface area contributed by atoms with Gasteiger partial charge < -0.3 is 0 Å². The van der Waals surface area contributed by atoms with Gasteiger partial charge in [0.05, 0.1) is 3.79 Å². The largest absolute Gasteiger partial charge is 0.329 e. The van der Waals surface area contributed by atoms with Crippen molar-refractivity contribution in [1.82, 2.24) is 9.55 Å². The van der Waals surface area contributed by atoms with E-state index in [0.717, 1.165) is 8.66 Å². The molecule has 2 rings (SSSR count). The van der Waals surface area contributed by atoms with Gasteiger partial charge in [0.2, 0.25) is 0 Å². The molecule has 2 aromatic rings. The Morgan fingerprint density at radius 3 is 2.78 bits per heavy atom. The van der Waals surface area contributed by atoms with Gasteiger partial charge in [0, 0.05) is 23.4 Å². The van der Waals surface area contributed by atoms with E-state index >= 15 is 0 Å². The topological polar surface area (TPSA) is 54.9 Å². The van der Waals surface area contributed by atoms with Crippen LogP contribution in [0.1, 0.15) is 10.4 Å². The molecule has 0 amide bonds. The SMILES string of the molecule is Cc1c(Cl)[nH]c(=O)n(CCc2ccc(Br)s2)c1=O. The first-order valence-corrected chi connectivity index (χ1v) is 7.21. The fourth-order valence-electron chi connectivity index (χ4n) is 1.55. The van der Waals surface area contributed by atoms with Crippen LogP contribution >= 0.6 is 38.9 Å². The average Bonchev–Trinajstić information content (AvgIpc) is 2.72. The molecule has 2 heterocycles. The van der Waals surface area contributed by atoms with E-state index < -0.39 is 5.69 Å². The number of H-pyrrole nitrogens is 1. The summed E-state index contributed by atoms with van der Waals surface area (Å²) in [5.41, 5.74) is -0.436. The third-order valence-corrected chi connectivity index (χ3v) is 4.63. The van der Waals surface area contributed by atoms with Crippen LogP contribution in [-0.4, -0.2) is 9.55 Å². The molecule has 0 fully saturated rings. The number of hydrogen-bond donors (Lipinski definition) is 1. The molecule has 0 bridgehead atoms. The van der Waals surface area contributed by atoms with Crippen molar-refractivity contribution in [3.63, 3.8) is 0 Å². The summed E-state index contributed by atoms with van der Waals surface area (Å²) < 4.78 is 2.21. The van der Waals surface area contributed by atoms with E-state index in [1.54, 1.807) is 18.3 Å². The van der Waals surface area contributed by atoms with Crippen LogP contribution < -0.4 is 11.2 Å². The molecule has 0 radical (unpaired) electrons. The number of rotatable bonds is 3. The second kappa shape index (κ2) is 5.42. The van der Waals surface area contributed by atoms with Crippen molar-refractivity contribution in [3.8, 4) is 0 Å². The number of thiophene rings is 1. The van der Waals surface area contributed by atoms with Crippen LogP contribution in [0.25, 0.3) is 0 Å². The minimum atomic E-state index is -0.466. The summed E-state index contributed by atoms with van der Waals surface area (Å²) in [7, 11) is 0. The van der Waals surface area contributed by atoms with E-state index in [-0.39, 0.29) is 10.7 Å². The average molecular weight is 350 g/mol. The number of nitrogens with zero attached hydrogens (tertiary/aromatic N) is 1. The molecule has 0 saturated heterocycles. The lowest BCUT2D eigenvalue weighted by Crippen LogP contribution is -2.37. The van der Waals surface area contributed by atoms with Crippen LogP contribution in [0.15, 0.2) is 25.5 Å². The predicted molar refractivity (Wildman–Crippen MR) is 76.8 cm³/mol. The smallest absolute Gasteiger partial charge is 0.297 e. The van der Waals surface area contributed by atoms with Gasteiger partial charge in [-0.3, -0.25) is 14.3 Å². The molecule has 0 aromatic carbocycles. The van der Waals surface area contributed by atoms with Crippen LogP contribution in [0.4, 0.5) is 0 Å². The number of aromatic nitrogens is 2. The lowest BCUT2D eigenvalue weighted by molar-refractivity contribution is 0.626. The highest BCUT2D eigenvalue weighted by molar-refractivity contribution is 9.11. The first-order chi connectivity index (χ1) is 8.49. The lowest BCUT2D eigenvalue weighted by atomic mass is 10.3. The second-order valence-corrected chi connectivity index (χ2v) is 6.71. The maximum atomic E-state index is 11.9. The maximum Gasteiger partial charge on any atom is 0.329 e. The first-order valence-electron chi connectivity index (χ1n) is 5.22. The fraction of sp³-hybridized carbons (Fsp3) is 0.273. The maximum absolute atomic E-state index is 11.9. The Kier molecular flexibility index (Phi) is 4.09. The summed E-state index contributed by atoms with van der Waals surface area (Å²) in [6, 6.07) is 3.91. The van der Waals surface area contributed by atoms with Crippen molar-refractivity contribution >= 4 is 38.9 Å². The zero-order valence-corrected chi connectivity index (χ0v) is 12.7. The molecular formula is C11H10BrClN2O2S. The van der Waals surface area contributed by atoms with Gasteiger partial charge in [-0.1, -0.05) is 11.6 Å². The summed E-state index contributed by atoms with van der Waals surface area (Å²) in [6.07, 6.45) is 0.639. The molecule has 0 aliphatic heterocycles. The molecule has 0 atom stereocenters. The Morgan fingerprint density at radius 2 is 2.17 bits per heavy atom. The van der Waals surface area contributed by atoms with E-state index in [0.29, 0.717) is 18.5 Å². The molecule has 0 saturated carbocycles. The number of hydrogen-bond acceptors (Lipinski definition) is 3. The molecular weight excluding hydrogens is 340 g/mol. The summed E-state index contributed by atoms with van der Waals surface area (Å²) in [5, 5.41) is 0.111. The van der Waals surface area contributed by atoms with Crippen molar-refractivity contribution < 1.29 is 0 Å². The predicted octanol–water partition coefficient (Wildman–Crippen LogP) is 2.57. The minimum absolute atomic E-state index is 0.111. The molecule has 2 aromatic heterocycles. The van der Waals surface area contributed by atoms with Crippen molar-refractivity contribution in [2.75, 3.05) is 0 Å². The van der Waals surface area contributed by atoms with Crippen molar-refractivity contribution in [2.45, 2.75) is 19.9 Å². The monoisotopic (exact) mass is 348 g/mol. The number of aryl methyl sites for hydroxylation is 1. The second-order valence-electron chi connectivity index (χ2n) is 3.78. The highest BCUT2D eigenvalue weighted by atomic mass is 79.9. The van der Waals surface area contributed by atoms with E-state index in [1.165, 1.54) is 4.57 Å². The summed E-state index contributed by atoms with van der Waals surface area (Å²) in [4.78, 5) is 27.1. The Morgan fingerprint density at radius 1 is 1.44 bits per heavy atom. The highest BCUT2D eigenvalue weighted by Crippen LogP contribution is 2.22. The molecule has 0 spiro atoms. The fourth-order valence-corrected chi connectivity index (χ4v) is 3.19. The van der Waals surface area contributed by atoms with Crippen molar-refractivity contribution in [2.24, 2.45) is 0 Å². The van der Waals surface area contributed by atoms with Gasteiger partial charge in [0.25, 0.3) is 5.56 Å². The molecule has 1 N–H and O–H groups in total. The quantitative estimate of drug-likeness (QED) is 0.866. The Labute approximate surface area is 120 Å². The van der Waals surface area contributed by atoms with Crippen LogP contribution in [0.3, 0.4) is 0 Å². The van der Waals surface area contributed by atoms with Crippen molar-refractivity contribution in [3.05, 3.63) is 52.4 Å². The van der Waals surface area contributed by atoms with Gasteiger partial charge in [-0.25, -0.2) is 4.79 Å². The number of halogens is 2. The van der Waals surface area contributed by atoms with Crippen LogP contribution in [-0.2, 0) is 13.0 Å². The Balaban J connectivity index is 2.28. The van der Waals surface area contributed by atoms with Gasteiger partial charge >= 0.3 is 5.69 Å². The van der Waals surface area contributed by atoms with Crippen LogP contribution in [0, 0.1) is 6.92 Å². The lowest BCUT2D eigenvalue weighted by Gasteiger charge is -2.05. The van der Waals surface area contributed by atoms with E-state index in [4.69, 9.17) is 11.6 Å². The Bertz CT molecular complexity index is 689. The molecule has 18 heavy (non-hydrogen) atoms. The van der Waals surface area contributed by atoms with E-state index in [2.05, 4.69) is 20.9 Å². The van der Waals surface area contributed by atoms with Gasteiger partial charge in [-0.15, -0.1) is 11.3 Å². The van der Waals surface area contributed by atoms with Crippen molar-refractivity contribution in [1.29, 1.82) is 0 Å². The number of aromatic amines is 1. The zero-order chi connectivity index (χ0) is 13.3.